The Morgan fingerprint density at radius 1 is 1.11 bits per heavy atom. The van der Waals surface area contributed by atoms with Crippen LogP contribution in [0.2, 0.25) is 0 Å². The number of rotatable bonds is 2. The molecule has 0 unspecified atom stereocenters. The van der Waals surface area contributed by atoms with Gasteiger partial charge in [-0.3, -0.25) is 0 Å². The minimum Gasteiger partial charge on any atom is -0.398 e. The molecule has 0 bridgehead atoms. The van der Waals surface area contributed by atoms with Crippen LogP contribution in [0.1, 0.15) is 25.7 Å². The van der Waals surface area contributed by atoms with Crippen LogP contribution in [0, 0.1) is 0 Å². The van der Waals surface area contributed by atoms with Crippen LogP contribution in [-0.4, -0.2) is 25.8 Å². The second-order valence-electron chi connectivity index (χ2n) is 4.50. The van der Waals surface area contributed by atoms with Gasteiger partial charge in [-0.15, -0.1) is 0 Å². The van der Waals surface area contributed by atoms with Gasteiger partial charge in [0.05, 0.1) is 4.90 Å². The van der Waals surface area contributed by atoms with E-state index < -0.39 is 10.0 Å². The Kier molecular flexibility index (Phi) is 4.29. The first-order valence-corrected chi connectivity index (χ1v) is 8.30. The Bertz CT molecular complexity index is 523. The van der Waals surface area contributed by atoms with E-state index in [1.165, 1.54) is 0 Å². The molecule has 100 valence electrons. The van der Waals surface area contributed by atoms with E-state index in [2.05, 4.69) is 15.9 Å². The molecule has 0 aliphatic carbocycles. The highest BCUT2D eigenvalue weighted by atomic mass is 79.9. The fourth-order valence-corrected chi connectivity index (χ4v) is 4.17. The van der Waals surface area contributed by atoms with Crippen molar-refractivity contribution in [3.63, 3.8) is 0 Å². The van der Waals surface area contributed by atoms with Crippen molar-refractivity contribution in [3.05, 3.63) is 22.7 Å². The van der Waals surface area contributed by atoms with Crippen molar-refractivity contribution in [2.45, 2.75) is 30.6 Å². The number of anilines is 1. The molecule has 1 aromatic carbocycles. The van der Waals surface area contributed by atoms with Crippen LogP contribution in [0.15, 0.2) is 27.6 Å². The maximum absolute atomic E-state index is 12.5. The molecule has 1 aliphatic heterocycles. The lowest BCUT2D eigenvalue weighted by Crippen LogP contribution is -2.31. The molecule has 0 aromatic heterocycles. The van der Waals surface area contributed by atoms with Crippen LogP contribution in [0.3, 0.4) is 0 Å². The molecule has 4 nitrogen and oxygen atoms in total. The molecule has 0 saturated carbocycles. The SMILES string of the molecule is Nc1ccc(S(=O)(=O)N2CCCCCC2)cc1Br. The van der Waals surface area contributed by atoms with E-state index in [9.17, 15) is 8.42 Å². The van der Waals surface area contributed by atoms with E-state index in [1.807, 2.05) is 0 Å². The zero-order valence-corrected chi connectivity index (χ0v) is 12.5. The van der Waals surface area contributed by atoms with Crippen LogP contribution in [0.5, 0.6) is 0 Å². The quantitative estimate of drug-likeness (QED) is 0.846. The summed E-state index contributed by atoms with van der Waals surface area (Å²) >= 11 is 3.27. The Balaban J connectivity index is 2.31. The van der Waals surface area contributed by atoms with Gasteiger partial charge in [0.2, 0.25) is 10.0 Å². The van der Waals surface area contributed by atoms with Crippen LogP contribution in [0.4, 0.5) is 5.69 Å². The molecule has 1 fully saturated rings. The summed E-state index contributed by atoms with van der Waals surface area (Å²) in [6.45, 7) is 1.23. The molecule has 0 radical (unpaired) electrons. The third kappa shape index (κ3) is 2.87. The standard InChI is InChI=1S/C12H17BrN2O2S/c13-11-9-10(5-6-12(11)14)18(16,17)15-7-3-1-2-4-8-15/h5-6,9H,1-4,7-8,14H2. The molecule has 1 heterocycles. The number of nitrogen functional groups attached to an aromatic ring is 1. The minimum atomic E-state index is -3.38. The molecule has 1 saturated heterocycles. The Hall–Kier alpha value is -0.590. The van der Waals surface area contributed by atoms with E-state index in [0.29, 0.717) is 28.1 Å². The lowest BCUT2D eigenvalue weighted by molar-refractivity contribution is 0.423. The van der Waals surface area contributed by atoms with E-state index >= 15 is 0 Å². The number of halogens is 1. The summed E-state index contributed by atoms with van der Waals surface area (Å²) in [5, 5.41) is 0. The average molecular weight is 333 g/mol. The number of nitrogens with two attached hydrogens (primary N) is 1. The molecule has 18 heavy (non-hydrogen) atoms. The molecule has 6 heteroatoms. The summed E-state index contributed by atoms with van der Waals surface area (Å²) in [6.07, 6.45) is 4.10. The summed E-state index contributed by atoms with van der Waals surface area (Å²) in [4.78, 5) is 0.311. The Morgan fingerprint density at radius 2 is 1.72 bits per heavy atom. The topological polar surface area (TPSA) is 63.4 Å². The zero-order chi connectivity index (χ0) is 13.2. The van der Waals surface area contributed by atoms with E-state index in [4.69, 9.17) is 5.73 Å². The molecular formula is C12H17BrN2O2S. The van der Waals surface area contributed by atoms with Crippen LogP contribution in [0.25, 0.3) is 0 Å². The maximum Gasteiger partial charge on any atom is 0.243 e. The summed E-state index contributed by atoms with van der Waals surface area (Å²) in [5.74, 6) is 0. The highest BCUT2D eigenvalue weighted by Gasteiger charge is 2.25. The van der Waals surface area contributed by atoms with Crippen LogP contribution in [-0.2, 0) is 10.0 Å². The van der Waals surface area contributed by atoms with Crippen molar-refractivity contribution in [1.82, 2.24) is 4.31 Å². The van der Waals surface area contributed by atoms with E-state index in [0.717, 1.165) is 25.7 Å². The number of hydrogen-bond donors (Lipinski definition) is 1. The third-order valence-corrected chi connectivity index (χ3v) is 5.76. The first kappa shape index (κ1) is 13.8. The molecule has 1 aliphatic rings. The van der Waals surface area contributed by atoms with Gasteiger partial charge in [0.1, 0.15) is 0 Å². The number of sulfonamides is 1. The number of benzene rings is 1. The van der Waals surface area contributed by atoms with Crippen molar-refractivity contribution in [2.24, 2.45) is 0 Å². The highest BCUT2D eigenvalue weighted by molar-refractivity contribution is 9.10. The Morgan fingerprint density at radius 3 is 2.28 bits per heavy atom. The first-order valence-electron chi connectivity index (χ1n) is 6.07. The van der Waals surface area contributed by atoms with Gasteiger partial charge in [-0.05, 0) is 47.0 Å². The lowest BCUT2D eigenvalue weighted by atomic mass is 10.2. The van der Waals surface area contributed by atoms with Crippen molar-refractivity contribution in [1.29, 1.82) is 0 Å². The van der Waals surface area contributed by atoms with Gasteiger partial charge in [-0.2, -0.15) is 4.31 Å². The zero-order valence-electron chi connectivity index (χ0n) is 10.1. The summed E-state index contributed by atoms with van der Waals surface area (Å²) in [5.41, 5.74) is 6.23. The van der Waals surface area contributed by atoms with Crippen molar-refractivity contribution in [3.8, 4) is 0 Å². The summed E-state index contributed by atoms with van der Waals surface area (Å²) in [7, 11) is -3.38. The number of hydrogen-bond acceptors (Lipinski definition) is 3. The van der Waals surface area contributed by atoms with Gasteiger partial charge in [-0.1, -0.05) is 12.8 Å². The van der Waals surface area contributed by atoms with Gasteiger partial charge < -0.3 is 5.73 Å². The fourth-order valence-electron chi connectivity index (χ4n) is 2.10. The smallest absolute Gasteiger partial charge is 0.243 e. The largest absolute Gasteiger partial charge is 0.398 e. The summed E-state index contributed by atoms with van der Waals surface area (Å²) in [6, 6.07) is 4.77. The van der Waals surface area contributed by atoms with Gasteiger partial charge in [-0.25, -0.2) is 8.42 Å². The van der Waals surface area contributed by atoms with Gasteiger partial charge >= 0.3 is 0 Å². The van der Waals surface area contributed by atoms with Gasteiger partial charge in [0.25, 0.3) is 0 Å². The van der Waals surface area contributed by atoms with E-state index in [1.54, 1.807) is 22.5 Å². The third-order valence-electron chi connectivity index (χ3n) is 3.17. The second-order valence-corrected chi connectivity index (χ2v) is 7.29. The number of nitrogens with zero attached hydrogens (tertiary/aromatic N) is 1. The molecule has 0 amide bonds. The van der Waals surface area contributed by atoms with Gasteiger partial charge in [0.15, 0.2) is 0 Å². The molecule has 2 N–H and O–H groups in total. The summed E-state index contributed by atoms with van der Waals surface area (Å²) < 4.78 is 27.1. The second kappa shape index (κ2) is 5.59. The molecule has 0 atom stereocenters. The minimum absolute atomic E-state index is 0.311. The normalized spacial score (nSPS) is 18.5. The van der Waals surface area contributed by atoms with Crippen LogP contribution < -0.4 is 5.73 Å². The molecule has 0 spiro atoms. The predicted molar refractivity (Wildman–Crippen MR) is 75.8 cm³/mol. The monoisotopic (exact) mass is 332 g/mol. The maximum atomic E-state index is 12.5. The average Bonchev–Trinajstić information content (AvgIpc) is 2.61. The first-order chi connectivity index (χ1) is 8.51. The Labute approximate surface area is 116 Å². The predicted octanol–water partition coefficient (Wildman–Crippen LogP) is 2.60. The van der Waals surface area contributed by atoms with Crippen LogP contribution >= 0.6 is 15.9 Å². The molecule has 2 rings (SSSR count). The molecular weight excluding hydrogens is 316 g/mol. The molecule has 1 aromatic rings. The van der Waals surface area contributed by atoms with Crippen molar-refractivity contribution < 1.29 is 8.42 Å². The van der Waals surface area contributed by atoms with Crippen molar-refractivity contribution in [2.75, 3.05) is 18.8 Å². The van der Waals surface area contributed by atoms with Crippen molar-refractivity contribution >= 4 is 31.6 Å². The fraction of sp³-hybridized carbons (Fsp3) is 0.500. The van der Waals surface area contributed by atoms with E-state index in [-0.39, 0.29) is 0 Å². The highest BCUT2D eigenvalue weighted by Crippen LogP contribution is 2.26. The van der Waals surface area contributed by atoms with Gasteiger partial charge in [0, 0.05) is 23.2 Å². The lowest BCUT2D eigenvalue weighted by Gasteiger charge is -2.20.